The summed E-state index contributed by atoms with van der Waals surface area (Å²) in [6, 6.07) is 12.3. The normalized spacial score (nSPS) is 10.5. The molecule has 0 aliphatic heterocycles. The lowest BCUT2D eigenvalue weighted by Gasteiger charge is -2.12. The number of pyridine rings is 2. The van der Waals surface area contributed by atoms with Gasteiger partial charge in [-0.3, -0.25) is 9.97 Å². The minimum Gasteiger partial charge on any atom is -0.265 e. The van der Waals surface area contributed by atoms with E-state index in [4.69, 9.17) is 0 Å². The van der Waals surface area contributed by atoms with E-state index in [-0.39, 0.29) is 0 Å². The predicted octanol–water partition coefficient (Wildman–Crippen LogP) is 5.34. The molecule has 0 saturated heterocycles. The Morgan fingerprint density at radius 3 is 1.30 bits per heavy atom. The Labute approximate surface area is 134 Å². The maximum Gasteiger partial charge on any atom is 0.0324 e. The summed E-state index contributed by atoms with van der Waals surface area (Å²) in [6.07, 6.45) is 7.23. The van der Waals surface area contributed by atoms with E-state index in [1.54, 1.807) is 0 Å². The third-order valence-electron chi connectivity index (χ3n) is 3.04. The number of halogens is 2. The van der Waals surface area contributed by atoms with E-state index in [1.165, 1.54) is 0 Å². The molecule has 1 aromatic carbocycles. The van der Waals surface area contributed by atoms with Crippen LogP contribution in [0.3, 0.4) is 0 Å². The van der Waals surface area contributed by atoms with E-state index in [9.17, 15) is 0 Å². The molecule has 2 aromatic heterocycles. The van der Waals surface area contributed by atoms with Crippen LogP contribution in [0.4, 0.5) is 0 Å². The summed E-state index contributed by atoms with van der Waals surface area (Å²) >= 11 is 7.15. The standard InChI is InChI=1S/C16H10Br2N2/c17-15-9-13(11-1-5-19-6-2-11)14(10-16(15)18)12-3-7-20-8-4-12/h1-10H. The SMILES string of the molecule is Brc1cc(-c2ccncc2)c(-c2ccncc2)cc1Br. The Hall–Kier alpha value is -1.52. The van der Waals surface area contributed by atoms with Gasteiger partial charge in [0.2, 0.25) is 0 Å². The Balaban J connectivity index is 2.26. The molecule has 0 spiro atoms. The first-order valence-corrected chi connectivity index (χ1v) is 7.64. The fourth-order valence-electron chi connectivity index (χ4n) is 2.09. The van der Waals surface area contributed by atoms with E-state index >= 15 is 0 Å². The van der Waals surface area contributed by atoms with Gasteiger partial charge in [0.05, 0.1) is 0 Å². The van der Waals surface area contributed by atoms with Crippen molar-refractivity contribution in [3.8, 4) is 22.3 Å². The Morgan fingerprint density at radius 2 is 0.950 bits per heavy atom. The third kappa shape index (κ3) is 2.67. The van der Waals surface area contributed by atoms with E-state index in [1.807, 2.05) is 49.1 Å². The van der Waals surface area contributed by atoms with E-state index in [0.717, 1.165) is 31.2 Å². The molecular formula is C16H10Br2N2. The molecule has 2 heterocycles. The van der Waals surface area contributed by atoms with Crippen LogP contribution in [0.25, 0.3) is 22.3 Å². The van der Waals surface area contributed by atoms with Crippen molar-refractivity contribution >= 4 is 31.9 Å². The molecule has 98 valence electrons. The zero-order valence-electron chi connectivity index (χ0n) is 10.4. The molecule has 20 heavy (non-hydrogen) atoms. The average Bonchev–Trinajstić information content (AvgIpc) is 2.51. The van der Waals surface area contributed by atoms with Crippen LogP contribution in [0.2, 0.25) is 0 Å². The van der Waals surface area contributed by atoms with Gasteiger partial charge in [-0.1, -0.05) is 0 Å². The molecule has 2 nitrogen and oxygen atoms in total. The molecule has 0 atom stereocenters. The van der Waals surface area contributed by atoms with Crippen molar-refractivity contribution in [3.63, 3.8) is 0 Å². The molecule has 0 radical (unpaired) electrons. The van der Waals surface area contributed by atoms with Crippen LogP contribution in [0, 0.1) is 0 Å². The minimum absolute atomic E-state index is 1.03. The Bertz CT molecular complexity index is 664. The van der Waals surface area contributed by atoms with E-state index < -0.39 is 0 Å². The molecule has 0 aliphatic carbocycles. The maximum atomic E-state index is 4.08. The average molecular weight is 390 g/mol. The van der Waals surface area contributed by atoms with Crippen molar-refractivity contribution in [3.05, 3.63) is 70.1 Å². The van der Waals surface area contributed by atoms with Crippen molar-refractivity contribution in [1.82, 2.24) is 9.97 Å². The number of rotatable bonds is 2. The highest BCUT2D eigenvalue weighted by Crippen LogP contribution is 2.37. The molecule has 4 heteroatoms. The number of hydrogen-bond acceptors (Lipinski definition) is 2. The maximum absolute atomic E-state index is 4.08. The molecule has 0 fully saturated rings. The van der Waals surface area contributed by atoms with Crippen LogP contribution in [0.15, 0.2) is 70.1 Å². The zero-order valence-corrected chi connectivity index (χ0v) is 13.6. The van der Waals surface area contributed by atoms with Gasteiger partial charge in [0.1, 0.15) is 0 Å². The summed E-state index contributed by atoms with van der Waals surface area (Å²) in [4.78, 5) is 8.16. The summed E-state index contributed by atoms with van der Waals surface area (Å²) in [7, 11) is 0. The van der Waals surface area contributed by atoms with Crippen molar-refractivity contribution in [2.24, 2.45) is 0 Å². The van der Waals surface area contributed by atoms with Gasteiger partial charge in [0, 0.05) is 33.7 Å². The highest BCUT2D eigenvalue weighted by atomic mass is 79.9. The predicted molar refractivity (Wildman–Crippen MR) is 88.3 cm³/mol. The van der Waals surface area contributed by atoms with E-state index in [2.05, 4.69) is 54.0 Å². The third-order valence-corrected chi connectivity index (χ3v) is 4.89. The molecule has 3 aromatic rings. The van der Waals surface area contributed by atoms with Gasteiger partial charge in [-0.25, -0.2) is 0 Å². The van der Waals surface area contributed by atoms with Crippen LogP contribution >= 0.6 is 31.9 Å². The quantitative estimate of drug-likeness (QED) is 0.591. The number of nitrogens with zero attached hydrogens (tertiary/aromatic N) is 2. The molecule has 0 unspecified atom stereocenters. The molecule has 0 saturated carbocycles. The van der Waals surface area contributed by atoms with Crippen molar-refractivity contribution < 1.29 is 0 Å². The lowest BCUT2D eigenvalue weighted by molar-refractivity contribution is 1.32. The topological polar surface area (TPSA) is 25.8 Å². The number of hydrogen-bond donors (Lipinski definition) is 0. The van der Waals surface area contributed by atoms with Crippen molar-refractivity contribution in [2.75, 3.05) is 0 Å². The number of benzene rings is 1. The lowest BCUT2D eigenvalue weighted by atomic mass is 9.96. The lowest BCUT2D eigenvalue weighted by Crippen LogP contribution is -1.87. The first kappa shape index (κ1) is 13.5. The van der Waals surface area contributed by atoms with Gasteiger partial charge < -0.3 is 0 Å². The first-order chi connectivity index (χ1) is 9.75. The van der Waals surface area contributed by atoms with Crippen LogP contribution in [-0.4, -0.2) is 9.97 Å². The highest BCUT2D eigenvalue weighted by molar-refractivity contribution is 9.13. The molecule has 0 bridgehead atoms. The number of aromatic nitrogens is 2. The largest absolute Gasteiger partial charge is 0.265 e. The molecular weight excluding hydrogens is 380 g/mol. The monoisotopic (exact) mass is 388 g/mol. The van der Waals surface area contributed by atoms with Crippen molar-refractivity contribution in [1.29, 1.82) is 0 Å². The van der Waals surface area contributed by atoms with Crippen LogP contribution < -0.4 is 0 Å². The Kier molecular flexibility index (Phi) is 3.94. The van der Waals surface area contributed by atoms with E-state index in [0.29, 0.717) is 0 Å². The summed E-state index contributed by atoms with van der Waals surface area (Å²) < 4.78 is 2.06. The summed E-state index contributed by atoms with van der Waals surface area (Å²) in [5, 5.41) is 0. The van der Waals surface area contributed by atoms with Crippen LogP contribution in [0.1, 0.15) is 0 Å². The second-order valence-electron chi connectivity index (χ2n) is 4.28. The van der Waals surface area contributed by atoms with Gasteiger partial charge in [0.25, 0.3) is 0 Å². The van der Waals surface area contributed by atoms with Gasteiger partial charge in [0.15, 0.2) is 0 Å². The first-order valence-electron chi connectivity index (χ1n) is 6.05. The summed E-state index contributed by atoms with van der Waals surface area (Å²) in [5.41, 5.74) is 4.60. The second-order valence-corrected chi connectivity index (χ2v) is 5.99. The van der Waals surface area contributed by atoms with Crippen molar-refractivity contribution in [2.45, 2.75) is 0 Å². The summed E-state index contributed by atoms with van der Waals surface area (Å²) in [5.74, 6) is 0. The fraction of sp³-hybridized carbons (Fsp3) is 0. The fourth-order valence-corrected chi connectivity index (χ4v) is 2.77. The van der Waals surface area contributed by atoms with Crippen LogP contribution in [-0.2, 0) is 0 Å². The summed E-state index contributed by atoms with van der Waals surface area (Å²) in [6.45, 7) is 0. The van der Waals surface area contributed by atoms with Gasteiger partial charge in [-0.2, -0.15) is 0 Å². The minimum atomic E-state index is 1.03. The molecule has 0 aliphatic rings. The Morgan fingerprint density at radius 1 is 0.600 bits per heavy atom. The zero-order chi connectivity index (χ0) is 13.9. The van der Waals surface area contributed by atoms with Gasteiger partial charge >= 0.3 is 0 Å². The highest BCUT2D eigenvalue weighted by Gasteiger charge is 2.10. The molecule has 0 amide bonds. The van der Waals surface area contributed by atoms with Gasteiger partial charge in [-0.05, 0) is 90.5 Å². The van der Waals surface area contributed by atoms with Gasteiger partial charge in [-0.15, -0.1) is 0 Å². The smallest absolute Gasteiger partial charge is 0.0324 e. The molecule has 0 N–H and O–H groups in total. The molecule has 3 rings (SSSR count). The van der Waals surface area contributed by atoms with Crippen LogP contribution in [0.5, 0.6) is 0 Å². The second kappa shape index (κ2) is 5.85.